The van der Waals surface area contributed by atoms with Crippen LogP contribution in [-0.2, 0) is 4.79 Å². The standard InChI is InChI=1S/C21H15F2N3O3S/c22-14-7-3-8-15(23)18(14)16-11-30-21(24-16)25-17(27)9-4-10-26-19(28)12-5-1-2-6-13(12)20(26)29/h1-3,5-8,11H,4,9-10H2,(H,24,25,27). The Labute approximate surface area is 174 Å². The van der Waals surface area contributed by atoms with Crippen molar-refractivity contribution >= 4 is 34.2 Å². The van der Waals surface area contributed by atoms with Crippen molar-refractivity contribution in [3.63, 3.8) is 0 Å². The maximum absolute atomic E-state index is 13.9. The number of carbonyl (C=O) groups excluding carboxylic acids is 3. The molecule has 0 radical (unpaired) electrons. The summed E-state index contributed by atoms with van der Waals surface area (Å²) in [5.41, 5.74) is 0.571. The average molecular weight is 427 g/mol. The van der Waals surface area contributed by atoms with Crippen LogP contribution in [0, 0.1) is 11.6 Å². The van der Waals surface area contributed by atoms with Gasteiger partial charge in [0.2, 0.25) is 5.91 Å². The van der Waals surface area contributed by atoms with Gasteiger partial charge in [-0.1, -0.05) is 18.2 Å². The number of imide groups is 1. The first kappa shape index (κ1) is 19.8. The first-order chi connectivity index (χ1) is 14.5. The van der Waals surface area contributed by atoms with Gasteiger partial charge in [-0.15, -0.1) is 11.3 Å². The topological polar surface area (TPSA) is 79.4 Å². The molecule has 0 spiro atoms. The van der Waals surface area contributed by atoms with Gasteiger partial charge in [0.1, 0.15) is 11.6 Å². The third-order valence-electron chi connectivity index (χ3n) is 4.63. The number of thiazole rings is 1. The second-order valence-electron chi connectivity index (χ2n) is 6.59. The number of halogens is 2. The summed E-state index contributed by atoms with van der Waals surface area (Å²) in [7, 11) is 0. The minimum absolute atomic E-state index is 0.0520. The fraction of sp³-hybridized carbons (Fsp3) is 0.143. The van der Waals surface area contributed by atoms with E-state index in [2.05, 4.69) is 10.3 Å². The fourth-order valence-electron chi connectivity index (χ4n) is 3.21. The van der Waals surface area contributed by atoms with Gasteiger partial charge in [-0.2, -0.15) is 0 Å². The molecule has 4 rings (SSSR count). The van der Waals surface area contributed by atoms with Crippen molar-refractivity contribution in [1.82, 2.24) is 9.88 Å². The molecule has 3 aromatic rings. The summed E-state index contributed by atoms with van der Waals surface area (Å²) in [5, 5.41) is 4.23. The molecular formula is C21H15F2N3O3S. The number of nitrogens with zero attached hydrogens (tertiary/aromatic N) is 2. The smallest absolute Gasteiger partial charge is 0.261 e. The molecule has 0 aliphatic carbocycles. The molecule has 2 aromatic carbocycles. The van der Waals surface area contributed by atoms with Gasteiger partial charge in [-0.25, -0.2) is 13.8 Å². The zero-order chi connectivity index (χ0) is 21.3. The lowest BCUT2D eigenvalue weighted by Gasteiger charge is -2.13. The number of benzene rings is 2. The zero-order valence-corrected chi connectivity index (χ0v) is 16.3. The summed E-state index contributed by atoms with van der Waals surface area (Å²) < 4.78 is 27.7. The molecule has 1 N–H and O–H groups in total. The molecule has 0 unspecified atom stereocenters. The molecule has 0 fully saturated rings. The van der Waals surface area contributed by atoms with Crippen molar-refractivity contribution in [2.75, 3.05) is 11.9 Å². The number of hydrogen-bond donors (Lipinski definition) is 1. The molecule has 1 aromatic heterocycles. The SMILES string of the molecule is O=C(CCCN1C(=O)c2ccccc2C1=O)Nc1nc(-c2c(F)cccc2F)cs1. The number of fused-ring (bicyclic) bond motifs is 1. The number of nitrogens with one attached hydrogen (secondary N) is 1. The van der Waals surface area contributed by atoms with E-state index in [9.17, 15) is 23.2 Å². The van der Waals surface area contributed by atoms with E-state index in [0.29, 0.717) is 11.1 Å². The summed E-state index contributed by atoms with van der Waals surface area (Å²) in [6.07, 6.45) is 0.327. The monoisotopic (exact) mass is 427 g/mol. The minimum Gasteiger partial charge on any atom is -0.302 e. The third kappa shape index (κ3) is 3.71. The van der Waals surface area contributed by atoms with E-state index in [1.807, 2.05) is 0 Å². The molecule has 1 aliphatic rings. The first-order valence-electron chi connectivity index (χ1n) is 9.10. The number of aromatic nitrogens is 1. The van der Waals surface area contributed by atoms with Crippen LogP contribution in [-0.4, -0.2) is 34.2 Å². The Bertz CT molecular complexity index is 1110. The van der Waals surface area contributed by atoms with Gasteiger partial charge in [-0.3, -0.25) is 19.3 Å². The lowest BCUT2D eigenvalue weighted by atomic mass is 10.1. The quantitative estimate of drug-likeness (QED) is 0.601. The molecule has 9 heteroatoms. The highest BCUT2D eigenvalue weighted by Gasteiger charge is 2.34. The van der Waals surface area contributed by atoms with Crippen LogP contribution in [0.15, 0.2) is 47.8 Å². The Balaban J connectivity index is 1.33. The van der Waals surface area contributed by atoms with Crippen molar-refractivity contribution in [2.45, 2.75) is 12.8 Å². The average Bonchev–Trinajstić information content (AvgIpc) is 3.26. The Morgan fingerprint density at radius 3 is 2.27 bits per heavy atom. The van der Waals surface area contributed by atoms with Crippen LogP contribution in [0.5, 0.6) is 0 Å². The van der Waals surface area contributed by atoms with Crippen molar-refractivity contribution in [2.24, 2.45) is 0 Å². The van der Waals surface area contributed by atoms with Crippen LogP contribution in [0.4, 0.5) is 13.9 Å². The predicted molar refractivity (Wildman–Crippen MR) is 107 cm³/mol. The highest BCUT2D eigenvalue weighted by molar-refractivity contribution is 7.14. The van der Waals surface area contributed by atoms with Crippen LogP contribution >= 0.6 is 11.3 Å². The lowest BCUT2D eigenvalue weighted by molar-refractivity contribution is -0.116. The van der Waals surface area contributed by atoms with Gasteiger partial charge in [0.25, 0.3) is 11.8 Å². The maximum Gasteiger partial charge on any atom is 0.261 e. The van der Waals surface area contributed by atoms with Gasteiger partial charge in [0.15, 0.2) is 5.13 Å². The van der Waals surface area contributed by atoms with Gasteiger partial charge in [0.05, 0.1) is 22.4 Å². The fourth-order valence-corrected chi connectivity index (χ4v) is 3.93. The highest BCUT2D eigenvalue weighted by Crippen LogP contribution is 2.29. The summed E-state index contributed by atoms with van der Waals surface area (Å²) in [5.74, 6) is -2.58. The van der Waals surface area contributed by atoms with E-state index in [-0.39, 0.29) is 53.5 Å². The van der Waals surface area contributed by atoms with E-state index in [4.69, 9.17) is 0 Å². The van der Waals surface area contributed by atoms with Crippen LogP contribution in [0.25, 0.3) is 11.3 Å². The molecule has 0 atom stereocenters. The molecule has 3 amide bonds. The van der Waals surface area contributed by atoms with E-state index in [1.54, 1.807) is 24.3 Å². The zero-order valence-electron chi connectivity index (χ0n) is 15.5. The maximum atomic E-state index is 13.9. The molecule has 0 saturated heterocycles. The number of carbonyl (C=O) groups is 3. The summed E-state index contributed by atoms with van der Waals surface area (Å²) >= 11 is 1.05. The van der Waals surface area contributed by atoms with Crippen molar-refractivity contribution in [1.29, 1.82) is 0 Å². The van der Waals surface area contributed by atoms with Crippen LogP contribution in [0.1, 0.15) is 33.6 Å². The highest BCUT2D eigenvalue weighted by atomic mass is 32.1. The van der Waals surface area contributed by atoms with Crippen molar-refractivity contribution in [3.05, 3.63) is 70.6 Å². The largest absolute Gasteiger partial charge is 0.302 e. The number of hydrogen-bond acceptors (Lipinski definition) is 5. The van der Waals surface area contributed by atoms with Gasteiger partial charge < -0.3 is 5.32 Å². The molecule has 152 valence electrons. The number of anilines is 1. The molecule has 1 aliphatic heterocycles. The Morgan fingerprint density at radius 1 is 1.00 bits per heavy atom. The third-order valence-corrected chi connectivity index (χ3v) is 5.39. The molecule has 2 heterocycles. The second kappa shape index (κ2) is 8.11. The summed E-state index contributed by atoms with van der Waals surface area (Å²) in [4.78, 5) is 42.0. The van der Waals surface area contributed by atoms with Crippen LogP contribution in [0.2, 0.25) is 0 Å². The summed E-state index contributed by atoms with van der Waals surface area (Å²) in [6, 6.07) is 10.1. The van der Waals surface area contributed by atoms with Crippen molar-refractivity contribution in [3.8, 4) is 11.3 Å². The van der Waals surface area contributed by atoms with E-state index < -0.39 is 11.6 Å². The molecular weight excluding hydrogens is 412 g/mol. The van der Waals surface area contributed by atoms with Crippen molar-refractivity contribution < 1.29 is 23.2 Å². The minimum atomic E-state index is -0.737. The molecule has 0 bridgehead atoms. The number of amides is 3. The summed E-state index contributed by atoms with van der Waals surface area (Å²) in [6.45, 7) is 0.114. The van der Waals surface area contributed by atoms with Crippen LogP contribution < -0.4 is 5.32 Å². The Kier molecular flexibility index (Phi) is 5.37. The predicted octanol–water partition coefficient (Wildman–Crippen LogP) is 4.10. The van der Waals surface area contributed by atoms with E-state index >= 15 is 0 Å². The lowest BCUT2D eigenvalue weighted by Crippen LogP contribution is -2.31. The Hall–Kier alpha value is -3.46. The van der Waals surface area contributed by atoms with Gasteiger partial charge in [0, 0.05) is 18.3 Å². The molecule has 30 heavy (non-hydrogen) atoms. The normalized spacial score (nSPS) is 12.9. The number of rotatable bonds is 6. The van der Waals surface area contributed by atoms with Gasteiger partial charge >= 0.3 is 0 Å². The van der Waals surface area contributed by atoms with Crippen LogP contribution in [0.3, 0.4) is 0 Å². The Morgan fingerprint density at radius 2 is 1.63 bits per heavy atom. The first-order valence-corrected chi connectivity index (χ1v) is 9.98. The second-order valence-corrected chi connectivity index (χ2v) is 7.45. The van der Waals surface area contributed by atoms with E-state index in [1.165, 1.54) is 11.4 Å². The molecule has 0 saturated carbocycles. The van der Waals surface area contributed by atoms with Gasteiger partial charge in [-0.05, 0) is 30.7 Å². The molecule has 6 nitrogen and oxygen atoms in total. The van der Waals surface area contributed by atoms with E-state index in [0.717, 1.165) is 28.4 Å².